The minimum absolute atomic E-state index is 0.523. The Morgan fingerprint density at radius 2 is 2.20 bits per heavy atom. The van der Waals surface area contributed by atoms with E-state index in [4.69, 9.17) is 5.73 Å². The van der Waals surface area contributed by atoms with Crippen molar-refractivity contribution in [3.8, 4) is 0 Å². The molecule has 0 bridgehead atoms. The van der Waals surface area contributed by atoms with E-state index < -0.39 is 0 Å². The maximum Gasteiger partial charge on any atom is 0.0907 e. The lowest BCUT2D eigenvalue weighted by atomic mass is 10.2. The summed E-state index contributed by atoms with van der Waals surface area (Å²) >= 11 is 1.70. The van der Waals surface area contributed by atoms with Crippen molar-refractivity contribution in [3.63, 3.8) is 0 Å². The number of nitrogens with two attached hydrogens (primary N) is 1. The van der Waals surface area contributed by atoms with Crippen LogP contribution in [0.4, 0.5) is 11.4 Å². The summed E-state index contributed by atoms with van der Waals surface area (Å²) in [5, 5.41) is 4.72. The molecule has 1 aliphatic carbocycles. The smallest absolute Gasteiger partial charge is 0.0907 e. The average Bonchev–Trinajstić information content (AvgIpc) is 3.05. The molecule has 106 valence electrons. The van der Waals surface area contributed by atoms with Crippen LogP contribution in [0, 0.1) is 6.92 Å². The number of likely N-dealkylation sites (tertiary alicyclic amines) is 1. The van der Waals surface area contributed by atoms with Crippen LogP contribution in [0.25, 0.3) is 10.2 Å². The van der Waals surface area contributed by atoms with Gasteiger partial charge in [0.1, 0.15) is 0 Å². The minimum atomic E-state index is 0.523. The highest BCUT2D eigenvalue weighted by molar-refractivity contribution is 7.18. The fourth-order valence-corrected chi connectivity index (χ4v) is 3.98. The van der Waals surface area contributed by atoms with Crippen LogP contribution in [-0.2, 0) is 0 Å². The first-order valence-electron chi connectivity index (χ1n) is 7.36. The van der Waals surface area contributed by atoms with Gasteiger partial charge in [0.05, 0.1) is 26.6 Å². The van der Waals surface area contributed by atoms with Gasteiger partial charge < -0.3 is 11.1 Å². The summed E-state index contributed by atoms with van der Waals surface area (Å²) in [4.78, 5) is 7.17. The van der Waals surface area contributed by atoms with E-state index in [2.05, 4.69) is 27.3 Å². The molecule has 4 rings (SSSR count). The number of nitrogens with one attached hydrogen (secondary N) is 1. The molecule has 1 saturated carbocycles. The van der Waals surface area contributed by atoms with Gasteiger partial charge in [0.15, 0.2) is 0 Å². The van der Waals surface area contributed by atoms with Crippen molar-refractivity contribution in [3.05, 3.63) is 17.1 Å². The Morgan fingerprint density at radius 1 is 1.35 bits per heavy atom. The van der Waals surface area contributed by atoms with Crippen LogP contribution in [-0.4, -0.2) is 35.1 Å². The number of aromatic nitrogens is 1. The van der Waals surface area contributed by atoms with Crippen LogP contribution >= 0.6 is 11.3 Å². The van der Waals surface area contributed by atoms with Gasteiger partial charge in [0.25, 0.3) is 0 Å². The molecule has 1 aromatic carbocycles. The van der Waals surface area contributed by atoms with E-state index in [0.29, 0.717) is 6.04 Å². The number of nitrogens with zero attached hydrogens (tertiary/aromatic N) is 2. The fourth-order valence-electron chi connectivity index (χ4n) is 3.13. The summed E-state index contributed by atoms with van der Waals surface area (Å²) in [7, 11) is 0. The number of anilines is 2. The van der Waals surface area contributed by atoms with E-state index >= 15 is 0 Å². The van der Waals surface area contributed by atoms with Gasteiger partial charge in [0, 0.05) is 25.2 Å². The zero-order valence-electron chi connectivity index (χ0n) is 11.7. The molecule has 3 N–H and O–H groups in total. The van der Waals surface area contributed by atoms with Crippen LogP contribution in [0.5, 0.6) is 0 Å². The van der Waals surface area contributed by atoms with Crippen molar-refractivity contribution in [1.29, 1.82) is 0 Å². The van der Waals surface area contributed by atoms with Gasteiger partial charge in [-0.2, -0.15) is 0 Å². The Hall–Kier alpha value is -1.33. The highest BCUT2D eigenvalue weighted by Crippen LogP contribution is 2.33. The molecule has 1 aromatic heterocycles. The van der Waals surface area contributed by atoms with E-state index in [1.54, 1.807) is 11.3 Å². The van der Waals surface area contributed by atoms with E-state index in [9.17, 15) is 0 Å². The number of aryl methyl sites for hydroxylation is 1. The zero-order valence-corrected chi connectivity index (χ0v) is 12.5. The lowest BCUT2D eigenvalue weighted by Gasteiger charge is -2.17. The molecule has 2 fully saturated rings. The second kappa shape index (κ2) is 4.60. The van der Waals surface area contributed by atoms with Crippen molar-refractivity contribution in [2.24, 2.45) is 0 Å². The minimum Gasteiger partial charge on any atom is -0.397 e. The van der Waals surface area contributed by atoms with E-state index in [1.165, 1.54) is 30.5 Å². The van der Waals surface area contributed by atoms with Gasteiger partial charge in [-0.25, -0.2) is 4.98 Å². The molecule has 1 unspecified atom stereocenters. The topological polar surface area (TPSA) is 54.2 Å². The molecule has 2 heterocycles. The Balaban J connectivity index is 1.54. The van der Waals surface area contributed by atoms with Gasteiger partial charge in [0.2, 0.25) is 0 Å². The van der Waals surface area contributed by atoms with E-state index in [0.717, 1.165) is 34.5 Å². The Labute approximate surface area is 123 Å². The first-order valence-corrected chi connectivity index (χ1v) is 8.18. The number of nitrogen functional groups attached to an aromatic ring is 1. The largest absolute Gasteiger partial charge is 0.397 e. The predicted molar refractivity (Wildman–Crippen MR) is 85.4 cm³/mol. The maximum absolute atomic E-state index is 6.18. The summed E-state index contributed by atoms with van der Waals surface area (Å²) < 4.78 is 1.18. The lowest BCUT2D eigenvalue weighted by Crippen LogP contribution is -2.27. The number of rotatable bonds is 3. The maximum atomic E-state index is 6.18. The van der Waals surface area contributed by atoms with Crippen LogP contribution in [0.15, 0.2) is 12.1 Å². The van der Waals surface area contributed by atoms with Gasteiger partial charge in [-0.15, -0.1) is 11.3 Å². The average molecular weight is 288 g/mol. The van der Waals surface area contributed by atoms with E-state index in [-0.39, 0.29) is 0 Å². The SMILES string of the molecule is Cc1nc2cc(NC3CCN(C4CC4)C3)c(N)cc2s1. The second-order valence-corrected chi connectivity index (χ2v) is 7.23. The zero-order chi connectivity index (χ0) is 13.7. The standard InChI is InChI=1S/C15H20N4S/c1-9-17-14-7-13(12(16)6-15(14)20-9)18-10-4-5-19(8-10)11-2-3-11/h6-7,10-11,18H,2-5,8,16H2,1H3. The third kappa shape index (κ3) is 2.25. The van der Waals surface area contributed by atoms with Crippen molar-refractivity contribution >= 4 is 32.9 Å². The highest BCUT2D eigenvalue weighted by Gasteiger charge is 2.34. The second-order valence-electron chi connectivity index (χ2n) is 6.00. The molecular weight excluding hydrogens is 268 g/mol. The highest BCUT2D eigenvalue weighted by atomic mass is 32.1. The quantitative estimate of drug-likeness (QED) is 0.853. The lowest BCUT2D eigenvalue weighted by molar-refractivity contribution is 0.326. The number of fused-ring (bicyclic) bond motifs is 1. The van der Waals surface area contributed by atoms with Crippen molar-refractivity contribution in [2.45, 2.75) is 38.3 Å². The number of hydrogen-bond acceptors (Lipinski definition) is 5. The van der Waals surface area contributed by atoms with Crippen molar-refractivity contribution in [2.75, 3.05) is 24.1 Å². The molecule has 2 aliphatic rings. The third-order valence-corrected chi connectivity index (χ3v) is 5.24. The molecule has 1 saturated heterocycles. The van der Waals surface area contributed by atoms with Gasteiger partial charge in [-0.3, -0.25) is 4.90 Å². The monoisotopic (exact) mass is 288 g/mol. The van der Waals surface area contributed by atoms with Crippen molar-refractivity contribution in [1.82, 2.24) is 9.88 Å². The molecule has 4 nitrogen and oxygen atoms in total. The molecule has 20 heavy (non-hydrogen) atoms. The molecule has 0 spiro atoms. The predicted octanol–water partition coefficient (Wildman–Crippen LogP) is 2.84. The normalized spacial score (nSPS) is 23.6. The molecular formula is C15H20N4S. The number of thiazole rings is 1. The summed E-state index contributed by atoms with van der Waals surface area (Å²) in [6, 6.07) is 5.54. The van der Waals surface area contributed by atoms with Crippen LogP contribution in [0.2, 0.25) is 0 Å². The van der Waals surface area contributed by atoms with Crippen LogP contribution in [0.1, 0.15) is 24.3 Å². The molecule has 5 heteroatoms. The number of benzene rings is 1. The molecule has 1 aliphatic heterocycles. The Morgan fingerprint density at radius 3 is 3.00 bits per heavy atom. The van der Waals surface area contributed by atoms with Gasteiger partial charge >= 0.3 is 0 Å². The van der Waals surface area contributed by atoms with Crippen molar-refractivity contribution < 1.29 is 0 Å². The number of hydrogen-bond donors (Lipinski definition) is 2. The molecule has 0 amide bonds. The molecule has 0 radical (unpaired) electrons. The first-order chi connectivity index (χ1) is 9.69. The summed E-state index contributed by atoms with van der Waals surface area (Å²) in [5.74, 6) is 0. The third-order valence-electron chi connectivity index (χ3n) is 4.31. The van der Waals surface area contributed by atoms with Gasteiger partial charge in [-0.05, 0) is 38.3 Å². The Bertz CT molecular complexity index is 647. The Kier molecular flexibility index (Phi) is 2.86. The molecule has 1 atom stereocenters. The van der Waals surface area contributed by atoms with Crippen LogP contribution < -0.4 is 11.1 Å². The summed E-state index contributed by atoms with van der Waals surface area (Å²) in [5.41, 5.74) is 9.13. The first kappa shape index (κ1) is 12.4. The summed E-state index contributed by atoms with van der Waals surface area (Å²) in [6.07, 6.45) is 3.99. The van der Waals surface area contributed by atoms with Gasteiger partial charge in [-0.1, -0.05) is 0 Å². The van der Waals surface area contributed by atoms with E-state index in [1.807, 2.05) is 6.92 Å². The van der Waals surface area contributed by atoms with Crippen LogP contribution in [0.3, 0.4) is 0 Å². The molecule has 2 aromatic rings. The summed E-state index contributed by atoms with van der Waals surface area (Å²) in [6.45, 7) is 4.41. The fraction of sp³-hybridized carbons (Fsp3) is 0.533.